The van der Waals surface area contributed by atoms with Crippen LogP contribution in [-0.4, -0.2) is 19.5 Å². The van der Waals surface area contributed by atoms with Gasteiger partial charge < -0.3 is 9.47 Å². The van der Waals surface area contributed by atoms with Gasteiger partial charge in [-0.2, -0.15) is 0 Å². The summed E-state index contributed by atoms with van der Waals surface area (Å²) in [6, 6.07) is 0. The molecule has 2 heteroatoms. The third kappa shape index (κ3) is 3.97. The molecule has 0 saturated heterocycles. The van der Waals surface area contributed by atoms with Crippen LogP contribution in [0.4, 0.5) is 0 Å². The summed E-state index contributed by atoms with van der Waals surface area (Å²) in [7, 11) is 1.70. The Morgan fingerprint density at radius 1 is 1.21 bits per heavy atom. The maximum absolute atomic E-state index is 5.74. The zero-order valence-corrected chi connectivity index (χ0v) is 9.79. The van der Waals surface area contributed by atoms with Crippen LogP contribution in [0.3, 0.4) is 0 Å². The lowest BCUT2D eigenvalue weighted by atomic mass is 9.85. The molecule has 1 rings (SSSR count). The fourth-order valence-corrected chi connectivity index (χ4v) is 2.29. The first-order valence-corrected chi connectivity index (χ1v) is 5.94. The van der Waals surface area contributed by atoms with Gasteiger partial charge in [-0.1, -0.05) is 19.8 Å². The maximum atomic E-state index is 5.74. The van der Waals surface area contributed by atoms with Crippen molar-refractivity contribution in [3.05, 3.63) is 0 Å². The standard InChI is InChI=1S/C12H24O2/c1-4-5-11-6-8-12(9-7-11)14-10(2)13-3/h10-12H,4-9H2,1-3H3. The first kappa shape index (κ1) is 12.0. The summed E-state index contributed by atoms with van der Waals surface area (Å²) < 4.78 is 10.8. The molecule has 1 aliphatic carbocycles. The van der Waals surface area contributed by atoms with Crippen molar-refractivity contribution in [3.63, 3.8) is 0 Å². The van der Waals surface area contributed by atoms with E-state index in [1.807, 2.05) is 6.92 Å². The summed E-state index contributed by atoms with van der Waals surface area (Å²) in [6.45, 7) is 4.24. The van der Waals surface area contributed by atoms with Gasteiger partial charge in [0.1, 0.15) is 0 Å². The Bertz CT molecular complexity index is 139. The average Bonchev–Trinajstić information content (AvgIpc) is 2.21. The van der Waals surface area contributed by atoms with Crippen LogP contribution in [0.15, 0.2) is 0 Å². The van der Waals surface area contributed by atoms with Crippen LogP contribution in [0.1, 0.15) is 52.4 Å². The van der Waals surface area contributed by atoms with Crippen molar-refractivity contribution in [1.82, 2.24) is 0 Å². The number of rotatable bonds is 5. The second-order valence-corrected chi connectivity index (χ2v) is 4.37. The van der Waals surface area contributed by atoms with Gasteiger partial charge in [-0.15, -0.1) is 0 Å². The minimum atomic E-state index is -0.0391. The van der Waals surface area contributed by atoms with Gasteiger partial charge in [0.15, 0.2) is 6.29 Å². The lowest BCUT2D eigenvalue weighted by Gasteiger charge is -2.29. The second-order valence-electron chi connectivity index (χ2n) is 4.37. The molecule has 0 spiro atoms. The zero-order valence-electron chi connectivity index (χ0n) is 9.79. The third-order valence-corrected chi connectivity index (χ3v) is 3.21. The smallest absolute Gasteiger partial charge is 0.154 e. The molecule has 1 unspecified atom stereocenters. The summed E-state index contributed by atoms with van der Waals surface area (Å²) in [5, 5.41) is 0. The van der Waals surface area contributed by atoms with Crippen LogP contribution in [0.2, 0.25) is 0 Å². The highest BCUT2D eigenvalue weighted by molar-refractivity contribution is 4.72. The van der Waals surface area contributed by atoms with Gasteiger partial charge in [0, 0.05) is 7.11 Å². The number of ether oxygens (including phenoxy) is 2. The van der Waals surface area contributed by atoms with Crippen molar-refractivity contribution in [1.29, 1.82) is 0 Å². The van der Waals surface area contributed by atoms with Gasteiger partial charge in [0.25, 0.3) is 0 Å². The van der Waals surface area contributed by atoms with E-state index < -0.39 is 0 Å². The van der Waals surface area contributed by atoms with Crippen molar-refractivity contribution >= 4 is 0 Å². The lowest BCUT2D eigenvalue weighted by molar-refractivity contribution is -0.153. The van der Waals surface area contributed by atoms with E-state index in [1.165, 1.54) is 38.5 Å². The highest BCUT2D eigenvalue weighted by Gasteiger charge is 2.22. The molecule has 1 fully saturated rings. The molecule has 2 nitrogen and oxygen atoms in total. The fraction of sp³-hybridized carbons (Fsp3) is 1.00. The van der Waals surface area contributed by atoms with E-state index in [0.29, 0.717) is 6.10 Å². The van der Waals surface area contributed by atoms with Gasteiger partial charge in [-0.25, -0.2) is 0 Å². The number of methoxy groups -OCH3 is 1. The quantitative estimate of drug-likeness (QED) is 0.634. The highest BCUT2D eigenvalue weighted by atomic mass is 16.7. The van der Waals surface area contributed by atoms with E-state index in [1.54, 1.807) is 7.11 Å². The first-order chi connectivity index (χ1) is 6.76. The Labute approximate surface area is 88.0 Å². The Hall–Kier alpha value is -0.0800. The van der Waals surface area contributed by atoms with Crippen LogP contribution in [-0.2, 0) is 9.47 Å². The molecule has 1 saturated carbocycles. The fourth-order valence-electron chi connectivity index (χ4n) is 2.29. The van der Waals surface area contributed by atoms with Crippen LogP contribution in [0.25, 0.3) is 0 Å². The van der Waals surface area contributed by atoms with Gasteiger partial charge in [-0.3, -0.25) is 0 Å². The lowest BCUT2D eigenvalue weighted by Crippen LogP contribution is -2.26. The van der Waals surface area contributed by atoms with Crippen molar-refractivity contribution in [2.75, 3.05) is 7.11 Å². The third-order valence-electron chi connectivity index (χ3n) is 3.21. The van der Waals surface area contributed by atoms with Crippen LogP contribution in [0.5, 0.6) is 0 Å². The molecule has 0 aromatic rings. The molecule has 0 radical (unpaired) electrons. The molecular formula is C12H24O2. The van der Waals surface area contributed by atoms with Gasteiger partial charge in [0.2, 0.25) is 0 Å². The molecule has 84 valence electrons. The molecule has 0 amide bonds. The van der Waals surface area contributed by atoms with Crippen LogP contribution in [0, 0.1) is 5.92 Å². The van der Waals surface area contributed by atoms with Gasteiger partial charge in [-0.05, 0) is 38.5 Å². The number of hydrogen-bond acceptors (Lipinski definition) is 2. The molecule has 0 N–H and O–H groups in total. The Morgan fingerprint density at radius 3 is 2.36 bits per heavy atom. The van der Waals surface area contributed by atoms with E-state index in [0.717, 1.165) is 5.92 Å². The minimum Gasteiger partial charge on any atom is -0.356 e. The number of hydrogen-bond donors (Lipinski definition) is 0. The maximum Gasteiger partial charge on any atom is 0.154 e. The van der Waals surface area contributed by atoms with Crippen molar-refractivity contribution < 1.29 is 9.47 Å². The van der Waals surface area contributed by atoms with E-state index >= 15 is 0 Å². The van der Waals surface area contributed by atoms with E-state index in [9.17, 15) is 0 Å². The molecule has 0 aromatic carbocycles. The molecule has 0 bridgehead atoms. The minimum absolute atomic E-state index is 0.0391. The molecular weight excluding hydrogens is 176 g/mol. The van der Waals surface area contributed by atoms with Crippen molar-refractivity contribution in [3.8, 4) is 0 Å². The molecule has 1 aliphatic rings. The predicted molar refractivity (Wildman–Crippen MR) is 58.2 cm³/mol. The summed E-state index contributed by atoms with van der Waals surface area (Å²) in [4.78, 5) is 0. The molecule has 0 aliphatic heterocycles. The molecule has 0 heterocycles. The van der Waals surface area contributed by atoms with Crippen LogP contribution >= 0.6 is 0 Å². The molecule has 0 aromatic heterocycles. The topological polar surface area (TPSA) is 18.5 Å². The summed E-state index contributed by atoms with van der Waals surface area (Å²) in [5.41, 5.74) is 0. The van der Waals surface area contributed by atoms with E-state index in [4.69, 9.17) is 9.47 Å². The summed E-state index contributed by atoms with van der Waals surface area (Å²) in [5.74, 6) is 0.956. The second kappa shape index (κ2) is 6.41. The van der Waals surface area contributed by atoms with Crippen LogP contribution < -0.4 is 0 Å². The molecule has 14 heavy (non-hydrogen) atoms. The molecule has 1 atom stereocenters. The van der Waals surface area contributed by atoms with Gasteiger partial charge in [0.05, 0.1) is 6.10 Å². The van der Waals surface area contributed by atoms with Crippen molar-refractivity contribution in [2.45, 2.75) is 64.8 Å². The predicted octanol–water partition coefficient (Wildman–Crippen LogP) is 3.35. The summed E-state index contributed by atoms with van der Waals surface area (Å²) >= 11 is 0. The Kier molecular flexibility index (Phi) is 5.49. The van der Waals surface area contributed by atoms with E-state index in [-0.39, 0.29) is 6.29 Å². The SMILES string of the molecule is CCCC1CCC(OC(C)OC)CC1. The normalized spacial score (nSPS) is 30.2. The van der Waals surface area contributed by atoms with Crippen molar-refractivity contribution in [2.24, 2.45) is 5.92 Å². The zero-order chi connectivity index (χ0) is 10.4. The average molecular weight is 200 g/mol. The Balaban J connectivity index is 2.15. The summed E-state index contributed by atoms with van der Waals surface area (Å²) in [6.07, 6.45) is 8.25. The highest BCUT2D eigenvalue weighted by Crippen LogP contribution is 2.29. The Morgan fingerprint density at radius 2 is 1.86 bits per heavy atom. The first-order valence-electron chi connectivity index (χ1n) is 5.94. The van der Waals surface area contributed by atoms with Gasteiger partial charge >= 0.3 is 0 Å². The largest absolute Gasteiger partial charge is 0.356 e. The van der Waals surface area contributed by atoms with E-state index in [2.05, 4.69) is 6.92 Å². The monoisotopic (exact) mass is 200 g/mol.